The Morgan fingerprint density at radius 1 is 1.53 bits per heavy atom. The van der Waals surface area contributed by atoms with Crippen molar-refractivity contribution in [3.8, 4) is 5.75 Å². The van der Waals surface area contributed by atoms with E-state index in [2.05, 4.69) is 4.74 Å². The van der Waals surface area contributed by atoms with Gasteiger partial charge in [-0.15, -0.1) is 0 Å². The molecular weight excluding hydrogens is 227 g/mol. The topological polar surface area (TPSA) is 55.8 Å². The zero-order valence-corrected chi connectivity index (χ0v) is 9.35. The zero-order valence-electron chi connectivity index (χ0n) is 9.35. The second kappa shape index (κ2) is 6.65. The van der Waals surface area contributed by atoms with Crippen LogP contribution in [-0.4, -0.2) is 25.0 Å². The smallest absolute Gasteiger partial charge is 0.307 e. The minimum absolute atomic E-state index is 0.0492. The summed E-state index contributed by atoms with van der Waals surface area (Å²) in [5.74, 6) is -1.07. The summed E-state index contributed by atoms with van der Waals surface area (Å²) in [5, 5.41) is 8.42. The number of halogens is 1. The van der Waals surface area contributed by atoms with Gasteiger partial charge in [-0.2, -0.15) is 0 Å². The van der Waals surface area contributed by atoms with E-state index in [0.717, 1.165) is 0 Å². The maximum absolute atomic E-state index is 13.5. The molecule has 0 bridgehead atoms. The molecule has 0 aliphatic carbocycles. The summed E-state index contributed by atoms with van der Waals surface area (Å²) in [4.78, 5) is 10.3. The summed E-state index contributed by atoms with van der Waals surface area (Å²) >= 11 is 0. The van der Waals surface area contributed by atoms with Crippen molar-refractivity contribution in [3.63, 3.8) is 0 Å². The van der Waals surface area contributed by atoms with Crippen molar-refractivity contribution in [1.29, 1.82) is 0 Å². The predicted octanol–water partition coefficient (Wildman–Crippen LogP) is 2.30. The number of methoxy groups -OCH3 is 1. The van der Waals surface area contributed by atoms with Crippen LogP contribution in [-0.2, 0) is 9.53 Å². The van der Waals surface area contributed by atoms with Gasteiger partial charge >= 0.3 is 5.97 Å². The number of carbonyl (C=O) groups is 1. The van der Waals surface area contributed by atoms with E-state index >= 15 is 0 Å². The third-order valence-corrected chi connectivity index (χ3v) is 1.91. The highest BCUT2D eigenvalue weighted by Gasteiger charge is 2.01. The molecule has 0 heterocycles. The maximum atomic E-state index is 13.5. The number of rotatable bonds is 6. The predicted molar refractivity (Wildman–Crippen MR) is 60.2 cm³/mol. The fourth-order valence-corrected chi connectivity index (χ4v) is 1.15. The number of hydrogen-bond acceptors (Lipinski definition) is 3. The molecule has 0 radical (unpaired) electrons. The molecule has 1 aromatic rings. The van der Waals surface area contributed by atoms with Crippen molar-refractivity contribution < 1.29 is 23.8 Å². The van der Waals surface area contributed by atoms with Crippen LogP contribution in [0.1, 0.15) is 12.0 Å². The van der Waals surface area contributed by atoms with Crippen LogP contribution in [0.15, 0.2) is 24.3 Å². The molecule has 1 N–H and O–H groups in total. The minimum Gasteiger partial charge on any atom is -0.481 e. The molecule has 5 heteroatoms. The van der Waals surface area contributed by atoms with Gasteiger partial charge in [-0.3, -0.25) is 4.79 Å². The lowest BCUT2D eigenvalue weighted by Gasteiger charge is -2.05. The van der Waals surface area contributed by atoms with Crippen molar-refractivity contribution in [2.45, 2.75) is 6.42 Å². The van der Waals surface area contributed by atoms with Crippen LogP contribution in [0.5, 0.6) is 5.75 Å². The highest BCUT2D eigenvalue weighted by atomic mass is 19.1. The van der Waals surface area contributed by atoms with E-state index in [0.29, 0.717) is 11.3 Å². The van der Waals surface area contributed by atoms with E-state index in [4.69, 9.17) is 9.84 Å². The Labute approximate surface area is 98.3 Å². The van der Waals surface area contributed by atoms with Gasteiger partial charge in [-0.25, -0.2) is 4.39 Å². The van der Waals surface area contributed by atoms with Crippen molar-refractivity contribution in [1.82, 2.24) is 0 Å². The van der Waals surface area contributed by atoms with Crippen LogP contribution >= 0.6 is 0 Å². The average Bonchev–Trinajstić information content (AvgIpc) is 2.28. The molecule has 0 aliphatic heterocycles. The van der Waals surface area contributed by atoms with Gasteiger partial charge in [-0.05, 0) is 12.1 Å². The van der Waals surface area contributed by atoms with Crippen LogP contribution in [0.2, 0.25) is 0 Å². The van der Waals surface area contributed by atoms with Crippen LogP contribution in [0.25, 0.3) is 6.08 Å². The first-order valence-corrected chi connectivity index (χ1v) is 4.93. The van der Waals surface area contributed by atoms with Crippen LogP contribution < -0.4 is 4.74 Å². The second-order valence-electron chi connectivity index (χ2n) is 3.23. The molecule has 0 amide bonds. The van der Waals surface area contributed by atoms with Crippen molar-refractivity contribution >= 4 is 12.0 Å². The number of ether oxygens (including phenoxy) is 2. The van der Waals surface area contributed by atoms with Crippen LogP contribution in [0.4, 0.5) is 4.39 Å². The van der Waals surface area contributed by atoms with E-state index < -0.39 is 11.8 Å². The van der Waals surface area contributed by atoms with Crippen molar-refractivity contribution in [2.75, 3.05) is 13.9 Å². The first-order valence-electron chi connectivity index (χ1n) is 4.93. The largest absolute Gasteiger partial charge is 0.481 e. The van der Waals surface area contributed by atoms with E-state index in [1.165, 1.54) is 31.4 Å². The fourth-order valence-electron chi connectivity index (χ4n) is 1.15. The van der Waals surface area contributed by atoms with Crippen LogP contribution in [0, 0.1) is 5.82 Å². The standard InChI is InChI=1S/C12H13FO4/c1-16-8-17-10-6-5-9(11(13)7-10)3-2-4-12(14)15/h2-3,5-7H,4,8H2,1H3,(H,14,15). The SMILES string of the molecule is COCOc1ccc(C=CCC(=O)O)c(F)c1. The summed E-state index contributed by atoms with van der Waals surface area (Å²) in [5.41, 5.74) is 0.316. The summed E-state index contributed by atoms with van der Waals surface area (Å²) in [6.45, 7) is 0.0492. The van der Waals surface area contributed by atoms with Gasteiger partial charge in [-0.1, -0.05) is 12.2 Å². The zero-order chi connectivity index (χ0) is 12.7. The molecule has 0 fully saturated rings. The molecule has 92 valence electrons. The molecule has 0 aromatic heterocycles. The Balaban J connectivity index is 2.68. The molecule has 4 nitrogen and oxygen atoms in total. The molecule has 17 heavy (non-hydrogen) atoms. The third kappa shape index (κ3) is 4.65. The molecule has 0 saturated heterocycles. The summed E-state index contributed by atoms with van der Waals surface area (Å²) < 4.78 is 23.2. The maximum Gasteiger partial charge on any atom is 0.307 e. The first-order chi connectivity index (χ1) is 8.13. The van der Waals surface area contributed by atoms with E-state index in [-0.39, 0.29) is 13.2 Å². The molecular formula is C12H13FO4. The van der Waals surface area contributed by atoms with Crippen molar-refractivity contribution in [2.24, 2.45) is 0 Å². The lowest BCUT2D eigenvalue weighted by molar-refractivity contribution is -0.135. The van der Waals surface area contributed by atoms with E-state index in [9.17, 15) is 9.18 Å². The van der Waals surface area contributed by atoms with Gasteiger partial charge in [0.15, 0.2) is 6.79 Å². The van der Waals surface area contributed by atoms with E-state index in [1.54, 1.807) is 6.07 Å². The Morgan fingerprint density at radius 3 is 2.88 bits per heavy atom. The highest BCUT2D eigenvalue weighted by molar-refractivity contribution is 5.70. The summed E-state index contributed by atoms with van der Waals surface area (Å²) in [6.07, 6.45) is 2.67. The minimum atomic E-state index is -0.957. The van der Waals surface area contributed by atoms with Gasteiger partial charge in [0.1, 0.15) is 11.6 Å². The third-order valence-electron chi connectivity index (χ3n) is 1.91. The van der Waals surface area contributed by atoms with Gasteiger partial charge in [0.2, 0.25) is 0 Å². The molecule has 0 saturated carbocycles. The molecule has 0 unspecified atom stereocenters. The Morgan fingerprint density at radius 2 is 2.29 bits per heavy atom. The molecule has 1 aromatic carbocycles. The monoisotopic (exact) mass is 240 g/mol. The Kier molecular flexibility index (Phi) is 5.16. The lowest BCUT2D eigenvalue weighted by Crippen LogP contribution is -1.99. The quantitative estimate of drug-likeness (QED) is 0.775. The van der Waals surface area contributed by atoms with Crippen molar-refractivity contribution in [3.05, 3.63) is 35.7 Å². The van der Waals surface area contributed by atoms with Gasteiger partial charge in [0.05, 0.1) is 6.42 Å². The average molecular weight is 240 g/mol. The van der Waals surface area contributed by atoms with Gasteiger partial charge in [0, 0.05) is 18.7 Å². The van der Waals surface area contributed by atoms with Gasteiger partial charge in [0.25, 0.3) is 0 Å². The first kappa shape index (κ1) is 13.2. The number of benzene rings is 1. The number of carboxylic acid groups (broad SMARTS) is 1. The summed E-state index contributed by atoms with van der Waals surface area (Å²) in [7, 11) is 1.47. The Hall–Kier alpha value is -1.88. The molecule has 0 atom stereocenters. The van der Waals surface area contributed by atoms with Gasteiger partial charge < -0.3 is 14.6 Å². The highest BCUT2D eigenvalue weighted by Crippen LogP contribution is 2.17. The molecule has 0 spiro atoms. The number of carboxylic acids is 1. The lowest BCUT2D eigenvalue weighted by atomic mass is 10.2. The molecule has 0 aliphatic rings. The Bertz CT molecular complexity index is 415. The number of aliphatic carboxylic acids is 1. The normalized spacial score (nSPS) is 10.7. The second-order valence-corrected chi connectivity index (χ2v) is 3.23. The summed E-state index contributed by atoms with van der Waals surface area (Å²) in [6, 6.07) is 4.32. The molecule has 1 rings (SSSR count). The van der Waals surface area contributed by atoms with E-state index in [1.807, 2.05) is 0 Å². The number of hydrogen-bond donors (Lipinski definition) is 1. The fraction of sp³-hybridized carbons (Fsp3) is 0.250. The van der Waals surface area contributed by atoms with Crippen LogP contribution in [0.3, 0.4) is 0 Å².